The Balaban J connectivity index is 3.90. The number of rotatable bonds is 5. The third-order valence-electron chi connectivity index (χ3n) is 1.08. The molecule has 0 heterocycles. The van der Waals surface area contributed by atoms with Crippen molar-refractivity contribution in [3.8, 4) is 0 Å². The summed E-state index contributed by atoms with van der Waals surface area (Å²) in [6, 6.07) is 0. The van der Waals surface area contributed by atoms with E-state index in [1.807, 2.05) is 6.92 Å². The van der Waals surface area contributed by atoms with Gasteiger partial charge >= 0.3 is 5.97 Å². The second-order valence-electron chi connectivity index (χ2n) is 2.00. The Bertz CT molecular complexity index is 146. The maximum absolute atomic E-state index is 11.0. The molecule has 0 saturated carbocycles. The minimum absolute atomic E-state index is 0.241. The van der Waals surface area contributed by atoms with E-state index in [1.165, 1.54) is 0 Å². The lowest BCUT2D eigenvalue weighted by molar-refractivity contribution is -0.143. The molecule has 0 amide bonds. The molecule has 0 atom stereocenters. The van der Waals surface area contributed by atoms with Gasteiger partial charge in [0.15, 0.2) is 0 Å². The first kappa shape index (κ1) is 6.20. The molecule has 0 saturated heterocycles. The van der Waals surface area contributed by atoms with Gasteiger partial charge in [0.05, 0.1) is 6.61 Å². The van der Waals surface area contributed by atoms with Gasteiger partial charge in [0.1, 0.15) is 0 Å². The average molecular weight is 146 g/mol. The summed E-state index contributed by atoms with van der Waals surface area (Å²) in [7, 11) is 0. The Morgan fingerprint density at radius 3 is 2.70 bits per heavy atom. The monoisotopic (exact) mass is 146 g/mol. The Kier molecular flexibility index (Phi) is 4.08. The second-order valence-corrected chi connectivity index (χ2v) is 2.00. The van der Waals surface area contributed by atoms with E-state index < -0.39 is 12.3 Å². The molecule has 10 heavy (non-hydrogen) atoms. The SMILES string of the molecule is [2H]C([2H])(CCCC)C(=O)OCC. The van der Waals surface area contributed by atoms with Crippen molar-refractivity contribution in [2.45, 2.75) is 39.5 Å². The molecule has 0 unspecified atom stereocenters. The topological polar surface area (TPSA) is 26.3 Å². The number of carbonyl (C=O) groups excluding carboxylic acids is 1. The number of hydrogen-bond donors (Lipinski definition) is 0. The molecule has 0 aromatic heterocycles. The predicted octanol–water partition coefficient (Wildman–Crippen LogP) is 2.13. The third kappa shape index (κ3) is 5.60. The van der Waals surface area contributed by atoms with E-state index in [4.69, 9.17) is 2.74 Å². The lowest BCUT2D eigenvalue weighted by Crippen LogP contribution is -2.02. The van der Waals surface area contributed by atoms with E-state index in [0.717, 1.165) is 6.42 Å². The van der Waals surface area contributed by atoms with Gasteiger partial charge in [-0.05, 0) is 13.3 Å². The zero-order chi connectivity index (χ0) is 9.61. The summed E-state index contributed by atoms with van der Waals surface area (Å²) in [5, 5.41) is 0. The highest BCUT2D eigenvalue weighted by Gasteiger charge is 1.98. The molecule has 60 valence electrons. The van der Waals surface area contributed by atoms with Gasteiger partial charge in [-0.3, -0.25) is 4.79 Å². The van der Waals surface area contributed by atoms with Crippen molar-refractivity contribution in [2.75, 3.05) is 6.61 Å². The minimum atomic E-state index is -1.80. The molecule has 0 aliphatic rings. The van der Waals surface area contributed by atoms with Crippen molar-refractivity contribution in [1.82, 2.24) is 0 Å². The van der Waals surface area contributed by atoms with Gasteiger partial charge in [0.2, 0.25) is 0 Å². The number of unbranched alkanes of at least 4 members (excludes halogenated alkanes) is 1. The van der Waals surface area contributed by atoms with Crippen LogP contribution >= 0.6 is 0 Å². The Morgan fingerprint density at radius 1 is 1.50 bits per heavy atom. The fourth-order valence-corrected chi connectivity index (χ4v) is 0.549. The van der Waals surface area contributed by atoms with Crippen molar-refractivity contribution >= 4 is 5.97 Å². The van der Waals surface area contributed by atoms with Crippen LogP contribution in [0.2, 0.25) is 0 Å². The van der Waals surface area contributed by atoms with Crippen LogP contribution in [0.3, 0.4) is 0 Å². The average Bonchev–Trinajstić information content (AvgIpc) is 2.01. The van der Waals surface area contributed by atoms with Crippen LogP contribution in [0.4, 0.5) is 0 Å². The summed E-state index contributed by atoms with van der Waals surface area (Å²) in [4.78, 5) is 11.0. The zero-order valence-corrected chi connectivity index (χ0v) is 6.64. The molecule has 0 aliphatic carbocycles. The van der Waals surface area contributed by atoms with Gasteiger partial charge in [-0.2, -0.15) is 0 Å². The van der Waals surface area contributed by atoms with Crippen molar-refractivity contribution in [3.63, 3.8) is 0 Å². The summed E-state index contributed by atoms with van der Waals surface area (Å²) in [5.74, 6) is -0.738. The molecule has 0 bridgehead atoms. The summed E-state index contributed by atoms with van der Waals surface area (Å²) in [5.41, 5.74) is 0. The molecule has 0 aromatic rings. The largest absolute Gasteiger partial charge is 0.466 e. The van der Waals surface area contributed by atoms with Gasteiger partial charge in [-0.15, -0.1) is 0 Å². The maximum Gasteiger partial charge on any atom is 0.305 e. The van der Waals surface area contributed by atoms with Crippen molar-refractivity contribution in [3.05, 3.63) is 0 Å². The number of hydrogen-bond acceptors (Lipinski definition) is 2. The van der Waals surface area contributed by atoms with Gasteiger partial charge in [0, 0.05) is 9.11 Å². The number of carbonyl (C=O) groups is 1. The quantitative estimate of drug-likeness (QED) is 0.555. The Hall–Kier alpha value is -0.530. The van der Waals surface area contributed by atoms with E-state index in [-0.39, 0.29) is 13.0 Å². The summed E-state index contributed by atoms with van der Waals surface area (Å²) in [6.45, 7) is 3.87. The second kappa shape index (κ2) is 6.59. The molecule has 0 spiro atoms. The lowest BCUT2D eigenvalue weighted by atomic mass is 10.2. The molecule has 0 fully saturated rings. The Morgan fingerprint density at radius 2 is 2.20 bits per heavy atom. The zero-order valence-electron chi connectivity index (χ0n) is 8.64. The highest BCUT2D eigenvalue weighted by Crippen LogP contribution is 1.99. The highest BCUT2D eigenvalue weighted by atomic mass is 16.5. The van der Waals surface area contributed by atoms with Crippen LogP contribution in [0.5, 0.6) is 0 Å². The summed E-state index contributed by atoms with van der Waals surface area (Å²) in [6.07, 6.45) is 0.0546. The third-order valence-corrected chi connectivity index (χ3v) is 1.08. The molecule has 0 aromatic carbocycles. The molecule has 0 N–H and O–H groups in total. The van der Waals surface area contributed by atoms with Crippen molar-refractivity contribution in [2.24, 2.45) is 0 Å². The first-order valence-corrected chi connectivity index (χ1v) is 3.71. The van der Waals surface area contributed by atoms with Crippen LogP contribution in [-0.4, -0.2) is 12.6 Å². The van der Waals surface area contributed by atoms with Crippen molar-refractivity contribution in [1.29, 1.82) is 0 Å². The van der Waals surface area contributed by atoms with Crippen LogP contribution in [0.1, 0.15) is 42.2 Å². The molecule has 0 aliphatic heterocycles. The van der Waals surface area contributed by atoms with Crippen LogP contribution in [0.15, 0.2) is 0 Å². The molecular formula is C8H16O2. The summed E-state index contributed by atoms with van der Waals surface area (Å²) < 4.78 is 19.3. The van der Waals surface area contributed by atoms with Gasteiger partial charge in [-0.25, -0.2) is 0 Å². The normalized spacial score (nSPS) is 13.8. The maximum atomic E-state index is 11.0. The Labute approximate surface area is 65.4 Å². The van der Waals surface area contributed by atoms with E-state index in [2.05, 4.69) is 4.74 Å². The fraction of sp³-hybridized carbons (Fsp3) is 0.875. The van der Waals surface area contributed by atoms with E-state index in [0.29, 0.717) is 6.42 Å². The first-order chi connectivity index (χ1) is 5.54. The van der Waals surface area contributed by atoms with Crippen LogP contribution in [-0.2, 0) is 9.53 Å². The molecule has 0 radical (unpaired) electrons. The first-order valence-electron chi connectivity index (χ1n) is 4.71. The van der Waals surface area contributed by atoms with Gasteiger partial charge < -0.3 is 4.74 Å². The highest BCUT2D eigenvalue weighted by molar-refractivity contribution is 5.69. The standard InChI is InChI=1S/C8H16O2/c1-3-5-6-7-8(9)10-4-2/h3-7H2,1-2H3/i7D2. The van der Waals surface area contributed by atoms with Gasteiger partial charge in [-0.1, -0.05) is 19.8 Å². The molecular weight excluding hydrogens is 128 g/mol. The predicted molar refractivity (Wildman–Crippen MR) is 40.8 cm³/mol. The van der Waals surface area contributed by atoms with Crippen LogP contribution < -0.4 is 0 Å². The molecule has 2 nitrogen and oxygen atoms in total. The number of esters is 1. The smallest absolute Gasteiger partial charge is 0.305 e. The van der Waals surface area contributed by atoms with Crippen LogP contribution in [0, 0.1) is 0 Å². The van der Waals surface area contributed by atoms with Gasteiger partial charge in [0.25, 0.3) is 0 Å². The molecule has 2 heteroatoms. The molecule has 0 rings (SSSR count). The van der Waals surface area contributed by atoms with Crippen LogP contribution in [0.25, 0.3) is 0 Å². The minimum Gasteiger partial charge on any atom is -0.466 e. The number of ether oxygens (including phenoxy) is 1. The van der Waals surface area contributed by atoms with E-state index in [9.17, 15) is 4.79 Å². The van der Waals surface area contributed by atoms with Crippen molar-refractivity contribution < 1.29 is 12.3 Å². The van der Waals surface area contributed by atoms with E-state index >= 15 is 0 Å². The van der Waals surface area contributed by atoms with E-state index in [1.54, 1.807) is 6.92 Å². The summed E-state index contributed by atoms with van der Waals surface area (Å²) >= 11 is 0. The fourth-order valence-electron chi connectivity index (χ4n) is 0.549. The lowest BCUT2D eigenvalue weighted by Gasteiger charge is -1.99.